The van der Waals surface area contributed by atoms with Crippen LogP contribution in [-0.2, 0) is 9.47 Å². The van der Waals surface area contributed by atoms with E-state index in [4.69, 9.17) is 9.47 Å². The molecule has 1 fully saturated rings. The minimum Gasteiger partial charge on any atom is -0.383 e. The molecule has 0 aromatic heterocycles. The molecule has 2 rings (SSSR count). The number of hydrogen-bond acceptors (Lipinski definition) is 3. The normalized spacial score (nSPS) is 37.7. The van der Waals surface area contributed by atoms with Gasteiger partial charge in [0.05, 0.1) is 6.61 Å². The molecule has 74 valence electrons. The zero-order valence-corrected chi connectivity index (χ0v) is 7.90. The Morgan fingerprint density at radius 3 is 3.23 bits per heavy atom. The second-order valence-corrected chi connectivity index (χ2v) is 3.67. The van der Waals surface area contributed by atoms with Crippen molar-refractivity contribution in [3.8, 4) is 0 Å². The van der Waals surface area contributed by atoms with Crippen molar-refractivity contribution < 1.29 is 14.6 Å². The van der Waals surface area contributed by atoms with E-state index in [9.17, 15) is 5.11 Å². The summed E-state index contributed by atoms with van der Waals surface area (Å²) in [5.41, 5.74) is 1.10. The molecule has 0 amide bonds. The first kappa shape index (κ1) is 9.19. The molecular weight excluding hydrogens is 168 g/mol. The van der Waals surface area contributed by atoms with E-state index in [0.717, 1.165) is 24.8 Å². The van der Waals surface area contributed by atoms with Crippen LogP contribution in [0.15, 0.2) is 11.6 Å². The lowest BCUT2D eigenvalue weighted by molar-refractivity contribution is -0.120. The van der Waals surface area contributed by atoms with Gasteiger partial charge in [0.1, 0.15) is 12.2 Å². The maximum Gasteiger partial charge on any atom is 0.188 e. The monoisotopic (exact) mass is 184 g/mol. The Labute approximate surface area is 78.3 Å². The fourth-order valence-electron chi connectivity index (χ4n) is 1.82. The summed E-state index contributed by atoms with van der Waals surface area (Å²) in [5.74, 6) is 0. The average Bonchev–Trinajstić information content (AvgIpc) is 2.54. The van der Waals surface area contributed by atoms with Gasteiger partial charge in [0, 0.05) is 0 Å². The largest absolute Gasteiger partial charge is 0.383 e. The maximum atomic E-state index is 9.76. The fourth-order valence-corrected chi connectivity index (χ4v) is 1.82. The van der Waals surface area contributed by atoms with Crippen LogP contribution >= 0.6 is 0 Å². The van der Waals surface area contributed by atoms with Gasteiger partial charge in [-0.05, 0) is 18.4 Å². The lowest BCUT2D eigenvalue weighted by Gasteiger charge is -2.24. The third-order valence-corrected chi connectivity index (χ3v) is 2.59. The van der Waals surface area contributed by atoms with Gasteiger partial charge in [0.2, 0.25) is 0 Å². The van der Waals surface area contributed by atoms with Crippen molar-refractivity contribution in [1.82, 2.24) is 0 Å². The summed E-state index contributed by atoms with van der Waals surface area (Å²) in [6, 6.07) is 0. The quantitative estimate of drug-likeness (QED) is 0.670. The summed E-state index contributed by atoms with van der Waals surface area (Å²) in [6.07, 6.45) is 4.41. The Hall–Kier alpha value is -0.380. The second kappa shape index (κ2) is 3.78. The molecular formula is C10H16O3. The Bertz CT molecular complexity index is 212. The van der Waals surface area contributed by atoms with E-state index in [2.05, 4.69) is 6.92 Å². The average molecular weight is 184 g/mol. The number of ether oxygens (including phenoxy) is 2. The van der Waals surface area contributed by atoms with Crippen LogP contribution in [0.1, 0.15) is 26.2 Å². The SMILES string of the molecule is CCCCC1=C[C@H]2CO[C@H](O2)[C@H]1O. The highest BCUT2D eigenvalue weighted by molar-refractivity contribution is 5.16. The van der Waals surface area contributed by atoms with Crippen LogP contribution in [0.2, 0.25) is 0 Å². The first-order valence-corrected chi connectivity index (χ1v) is 4.97. The van der Waals surface area contributed by atoms with Crippen molar-refractivity contribution in [2.24, 2.45) is 0 Å². The van der Waals surface area contributed by atoms with Crippen molar-refractivity contribution in [3.05, 3.63) is 11.6 Å². The number of rotatable bonds is 3. The van der Waals surface area contributed by atoms with Gasteiger partial charge in [-0.25, -0.2) is 0 Å². The predicted octanol–water partition coefficient (Wildman–Crippen LogP) is 1.22. The molecule has 0 radical (unpaired) electrons. The summed E-state index contributed by atoms with van der Waals surface area (Å²) in [6.45, 7) is 2.74. The van der Waals surface area contributed by atoms with Crippen molar-refractivity contribution >= 4 is 0 Å². The highest BCUT2D eigenvalue weighted by Gasteiger charge is 2.37. The fraction of sp³-hybridized carbons (Fsp3) is 0.800. The summed E-state index contributed by atoms with van der Waals surface area (Å²) in [5, 5.41) is 9.76. The molecule has 2 aliphatic heterocycles. The lowest BCUT2D eigenvalue weighted by atomic mass is 10.00. The molecule has 1 saturated heterocycles. The van der Waals surface area contributed by atoms with E-state index < -0.39 is 12.4 Å². The van der Waals surface area contributed by atoms with E-state index in [1.807, 2.05) is 6.08 Å². The predicted molar refractivity (Wildman–Crippen MR) is 48.2 cm³/mol. The topological polar surface area (TPSA) is 38.7 Å². The molecule has 3 nitrogen and oxygen atoms in total. The number of aliphatic hydroxyl groups excluding tert-OH is 1. The third kappa shape index (κ3) is 1.77. The molecule has 0 unspecified atom stereocenters. The van der Waals surface area contributed by atoms with Crippen LogP contribution in [0, 0.1) is 0 Å². The van der Waals surface area contributed by atoms with Crippen molar-refractivity contribution in [1.29, 1.82) is 0 Å². The van der Waals surface area contributed by atoms with E-state index >= 15 is 0 Å². The first-order valence-electron chi connectivity index (χ1n) is 4.97. The van der Waals surface area contributed by atoms with Crippen molar-refractivity contribution in [2.45, 2.75) is 44.7 Å². The second-order valence-electron chi connectivity index (χ2n) is 3.67. The Balaban J connectivity index is 2.01. The molecule has 13 heavy (non-hydrogen) atoms. The van der Waals surface area contributed by atoms with Crippen LogP contribution < -0.4 is 0 Å². The Morgan fingerprint density at radius 2 is 2.46 bits per heavy atom. The van der Waals surface area contributed by atoms with Crippen LogP contribution in [0.25, 0.3) is 0 Å². The minimum absolute atomic E-state index is 0.0836. The summed E-state index contributed by atoms with van der Waals surface area (Å²) < 4.78 is 10.6. The molecule has 2 heterocycles. The molecule has 0 aromatic rings. The van der Waals surface area contributed by atoms with Gasteiger partial charge in [-0.1, -0.05) is 19.4 Å². The minimum atomic E-state index is -0.537. The summed E-state index contributed by atoms with van der Waals surface area (Å²) >= 11 is 0. The maximum absolute atomic E-state index is 9.76. The third-order valence-electron chi connectivity index (χ3n) is 2.59. The van der Waals surface area contributed by atoms with E-state index in [1.54, 1.807) is 0 Å². The summed E-state index contributed by atoms with van der Waals surface area (Å²) in [7, 11) is 0. The summed E-state index contributed by atoms with van der Waals surface area (Å²) in [4.78, 5) is 0. The van der Waals surface area contributed by atoms with Crippen LogP contribution in [0.4, 0.5) is 0 Å². The molecule has 0 spiro atoms. The molecule has 0 saturated carbocycles. The molecule has 1 N–H and O–H groups in total. The molecule has 3 heteroatoms. The van der Waals surface area contributed by atoms with Gasteiger partial charge in [0.15, 0.2) is 6.29 Å². The van der Waals surface area contributed by atoms with E-state index in [1.165, 1.54) is 0 Å². The van der Waals surface area contributed by atoms with Gasteiger partial charge in [-0.15, -0.1) is 0 Å². The highest BCUT2D eigenvalue weighted by atomic mass is 16.7. The van der Waals surface area contributed by atoms with E-state index in [-0.39, 0.29) is 6.10 Å². The highest BCUT2D eigenvalue weighted by Crippen LogP contribution is 2.29. The Kier molecular flexibility index (Phi) is 2.67. The van der Waals surface area contributed by atoms with Gasteiger partial charge >= 0.3 is 0 Å². The van der Waals surface area contributed by atoms with Crippen molar-refractivity contribution in [3.63, 3.8) is 0 Å². The Morgan fingerprint density at radius 1 is 1.62 bits per heavy atom. The standard InChI is InChI=1S/C10H16O3/c1-2-3-4-7-5-8-6-12-10(13-8)9(7)11/h5,8-11H,2-4,6H2,1H3/t8-,9-,10+/m0/s1. The smallest absolute Gasteiger partial charge is 0.188 e. The van der Waals surface area contributed by atoms with Gasteiger partial charge in [0.25, 0.3) is 0 Å². The van der Waals surface area contributed by atoms with Crippen LogP contribution in [0.5, 0.6) is 0 Å². The zero-order valence-electron chi connectivity index (χ0n) is 7.90. The van der Waals surface area contributed by atoms with E-state index in [0.29, 0.717) is 6.61 Å². The van der Waals surface area contributed by atoms with Crippen LogP contribution in [0.3, 0.4) is 0 Å². The molecule has 0 aliphatic carbocycles. The zero-order chi connectivity index (χ0) is 9.26. The molecule has 2 aliphatic rings. The van der Waals surface area contributed by atoms with Gasteiger partial charge in [-0.3, -0.25) is 0 Å². The molecule has 2 bridgehead atoms. The van der Waals surface area contributed by atoms with Gasteiger partial charge < -0.3 is 14.6 Å². The lowest BCUT2D eigenvalue weighted by Crippen LogP contribution is -2.32. The number of hydrogen-bond donors (Lipinski definition) is 1. The van der Waals surface area contributed by atoms with Crippen LogP contribution in [-0.4, -0.2) is 30.2 Å². The number of fused-ring (bicyclic) bond motifs is 2. The first-order chi connectivity index (χ1) is 6.31. The van der Waals surface area contributed by atoms with Gasteiger partial charge in [-0.2, -0.15) is 0 Å². The molecule has 0 aromatic carbocycles. The molecule has 3 atom stereocenters. The van der Waals surface area contributed by atoms with Crippen molar-refractivity contribution in [2.75, 3.05) is 6.61 Å². The number of unbranched alkanes of at least 4 members (excludes halogenated alkanes) is 1. The number of aliphatic hydroxyl groups is 1.